The zero-order valence-electron chi connectivity index (χ0n) is 9.71. The largest absolute Gasteiger partial charge is 0.480 e. The van der Waals surface area contributed by atoms with Gasteiger partial charge < -0.3 is 15.2 Å². The number of benzene rings is 1. The van der Waals surface area contributed by atoms with Gasteiger partial charge in [0.1, 0.15) is 5.75 Å². The Kier molecular flexibility index (Phi) is 4.65. The lowest BCUT2D eigenvalue weighted by Gasteiger charge is -2.08. The van der Waals surface area contributed by atoms with Crippen LogP contribution < -0.4 is 10.5 Å². The van der Waals surface area contributed by atoms with Crippen molar-refractivity contribution >= 4 is 29.2 Å². The summed E-state index contributed by atoms with van der Waals surface area (Å²) in [5.41, 5.74) is 4.33. The van der Waals surface area contributed by atoms with Crippen LogP contribution in [0.4, 0.5) is 5.69 Å². The Morgan fingerprint density at radius 3 is 2.58 bits per heavy atom. The van der Waals surface area contributed by atoms with Crippen molar-refractivity contribution in [2.75, 3.05) is 13.7 Å². The number of nitro groups is 1. The summed E-state index contributed by atoms with van der Waals surface area (Å²) in [5, 5.41) is 10.4. The Hall–Kier alpha value is -2.35. The van der Waals surface area contributed by atoms with E-state index in [0.717, 1.165) is 19.2 Å². The average molecular weight is 289 g/mol. The molecule has 0 saturated heterocycles. The standard InChI is InChI=1S/C10H9ClN2O6/c1-18-8(14)4-19-7-3-5(10(12)15)2-6(9(7)11)13(16)17/h2-3H,4H2,1H3,(H2,12,15). The quantitative estimate of drug-likeness (QED) is 0.488. The van der Waals surface area contributed by atoms with E-state index >= 15 is 0 Å². The molecule has 19 heavy (non-hydrogen) atoms. The molecule has 0 atom stereocenters. The number of ether oxygens (including phenoxy) is 2. The monoisotopic (exact) mass is 288 g/mol. The van der Waals surface area contributed by atoms with Gasteiger partial charge in [0, 0.05) is 11.6 Å². The first-order valence-corrected chi connectivity index (χ1v) is 5.22. The summed E-state index contributed by atoms with van der Waals surface area (Å²) in [5.74, 6) is -1.79. The number of hydrogen-bond acceptors (Lipinski definition) is 6. The number of nitro benzene ring substituents is 1. The molecule has 0 unspecified atom stereocenters. The Bertz CT molecular complexity index is 545. The molecule has 102 valence electrons. The number of nitrogens with two attached hydrogens (primary N) is 1. The molecule has 0 aliphatic carbocycles. The molecule has 8 nitrogen and oxygen atoms in total. The van der Waals surface area contributed by atoms with Crippen molar-refractivity contribution in [2.45, 2.75) is 0 Å². The van der Waals surface area contributed by atoms with Crippen LogP contribution in [0.25, 0.3) is 0 Å². The molecule has 1 aromatic carbocycles. The fraction of sp³-hybridized carbons (Fsp3) is 0.200. The summed E-state index contributed by atoms with van der Waals surface area (Å²) in [6, 6.07) is 2.04. The molecule has 1 aromatic rings. The SMILES string of the molecule is COC(=O)COc1cc(C(N)=O)cc([N+](=O)[O-])c1Cl. The molecule has 0 aliphatic heterocycles. The zero-order valence-corrected chi connectivity index (χ0v) is 10.5. The van der Waals surface area contributed by atoms with Gasteiger partial charge in [-0.25, -0.2) is 4.79 Å². The average Bonchev–Trinajstić information content (AvgIpc) is 2.36. The minimum atomic E-state index is -0.886. The van der Waals surface area contributed by atoms with Gasteiger partial charge in [-0.3, -0.25) is 14.9 Å². The highest BCUT2D eigenvalue weighted by Gasteiger charge is 2.21. The third-order valence-corrected chi connectivity index (χ3v) is 2.45. The van der Waals surface area contributed by atoms with Crippen molar-refractivity contribution in [1.29, 1.82) is 0 Å². The Labute approximate surface area is 112 Å². The molecule has 0 aliphatic rings. The minimum Gasteiger partial charge on any atom is -0.480 e. The maximum Gasteiger partial charge on any atom is 0.343 e. The minimum absolute atomic E-state index is 0.157. The number of rotatable bonds is 5. The van der Waals surface area contributed by atoms with E-state index in [1.807, 2.05) is 0 Å². The van der Waals surface area contributed by atoms with Crippen molar-refractivity contribution in [3.8, 4) is 5.75 Å². The van der Waals surface area contributed by atoms with Gasteiger partial charge in [0.2, 0.25) is 5.91 Å². The van der Waals surface area contributed by atoms with Crippen LogP contribution >= 0.6 is 11.6 Å². The van der Waals surface area contributed by atoms with Gasteiger partial charge in [-0.15, -0.1) is 0 Å². The molecular formula is C10H9ClN2O6. The molecule has 9 heteroatoms. The van der Waals surface area contributed by atoms with Crippen LogP contribution in [0.1, 0.15) is 10.4 Å². The Morgan fingerprint density at radius 2 is 2.11 bits per heavy atom. The number of carbonyl (C=O) groups excluding carboxylic acids is 2. The summed E-state index contributed by atoms with van der Waals surface area (Å²) in [6.07, 6.45) is 0. The van der Waals surface area contributed by atoms with Crippen LogP contribution in [0.5, 0.6) is 5.75 Å². The summed E-state index contributed by atoms with van der Waals surface area (Å²) in [4.78, 5) is 31.9. The third kappa shape index (κ3) is 3.55. The summed E-state index contributed by atoms with van der Waals surface area (Å²) in [6.45, 7) is -0.504. The summed E-state index contributed by atoms with van der Waals surface area (Å²) < 4.78 is 9.29. The number of methoxy groups -OCH3 is 1. The first kappa shape index (κ1) is 14.7. The van der Waals surface area contributed by atoms with E-state index < -0.39 is 29.1 Å². The Morgan fingerprint density at radius 1 is 1.47 bits per heavy atom. The van der Waals surface area contributed by atoms with Gasteiger partial charge in [-0.05, 0) is 6.07 Å². The van der Waals surface area contributed by atoms with E-state index in [4.69, 9.17) is 22.1 Å². The number of nitrogens with zero attached hydrogens (tertiary/aromatic N) is 1. The van der Waals surface area contributed by atoms with Crippen LogP contribution in [0.2, 0.25) is 5.02 Å². The molecule has 0 radical (unpaired) electrons. The number of primary amides is 1. The number of hydrogen-bond donors (Lipinski definition) is 1. The number of esters is 1. The van der Waals surface area contributed by atoms with Gasteiger partial charge in [-0.2, -0.15) is 0 Å². The van der Waals surface area contributed by atoms with Crippen LogP contribution in [-0.2, 0) is 9.53 Å². The van der Waals surface area contributed by atoms with Gasteiger partial charge in [-0.1, -0.05) is 11.6 Å². The molecule has 0 aromatic heterocycles. The van der Waals surface area contributed by atoms with Crippen LogP contribution in [0.15, 0.2) is 12.1 Å². The van der Waals surface area contributed by atoms with E-state index in [1.54, 1.807) is 0 Å². The molecule has 0 spiro atoms. The molecule has 0 saturated carbocycles. The highest BCUT2D eigenvalue weighted by Crippen LogP contribution is 2.35. The lowest BCUT2D eigenvalue weighted by Crippen LogP contribution is -2.15. The topological polar surface area (TPSA) is 122 Å². The van der Waals surface area contributed by atoms with Crippen LogP contribution in [0.3, 0.4) is 0 Å². The fourth-order valence-electron chi connectivity index (χ4n) is 1.16. The second-order valence-electron chi connectivity index (χ2n) is 3.29. The van der Waals surface area contributed by atoms with E-state index in [1.165, 1.54) is 0 Å². The second-order valence-corrected chi connectivity index (χ2v) is 3.67. The Balaban J connectivity index is 3.18. The molecule has 0 heterocycles. The highest BCUT2D eigenvalue weighted by atomic mass is 35.5. The third-order valence-electron chi connectivity index (χ3n) is 2.07. The molecule has 1 rings (SSSR count). The number of carbonyl (C=O) groups is 2. The van der Waals surface area contributed by atoms with Gasteiger partial charge in [0.15, 0.2) is 11.6 Å². The van der Waals surface area contributed by atoms with Crippen molar-refractivity contribution < 1.29 is 24.0 Å². The number of halogens is 1. The highest BCUT2D eigenvalue weighted by molar-refractivity contribution is 6.34. The first-order valence-electron chi connectivity index (χ1n) is 4.84. The molecule has 2 N–H and O–H groups in total. The van der Waals surface area contributed by atoms with Gasteiger partial charge in [0.25, 0.3) is 5.69 Å². The molecule has 0 bridgehead atoms. The molecule has 0 fully saturated rings. The predicted molar refractivity (Wildman–Crippen MR) is 64.1 cm³/mol. The van der Waals surface area contributed by atoms with E-state index in [9.17, 15) is 19.7 Å². The smallest absolute Gasteiger partial charge is 0.343 e. The predicted octanol–water partition coefficient (Wildman–Crippen LogP) is 0.899. The lowest BCUT2D eigenvalue weighted by atomic mass is 10.2. The van der Waals surface area contributed by atoms with Crippen molar-refractivity contribution in [3.05, 3.63) is 32.8 Å². The van der Waals surface area contributed by atoms with Crippen molar-refractivity contribution in [1.82, 2.24) is 0 Å². The van der Waals surface area contributed by atoms with Gasteiger partial charge in [0.05, 0.1) is 12.0 Å². The maximum atomic E-state index is 11.0. The zero-order chi connectivity index (χ0) is 14.6. The molecular weight excluding hydrogens is 280 g/mol. The molecule has 1 amide bonds. The summed E-state index contributed by atoms with van der Waals surface area (Å²) >= 11 is 5.74. The van der Waals surface area contributed by atoms with Gasteiger partial charge >= 0.3 is 5.97 Å². The fourth-order valence-corrected chi connectivity index (χ4v) is 1.39. The van der Waals surface area contributed by atoms with Crippen molar-refractivity contribution in [3.63, 3.8) is 0 Å². The second kappa shape index (κ2) is 6.01. The van der Waals surface area contributed by atoms with Crippen molar-refractivity contribution in [2.24, 2.45) is 5.73 Å². The van der Waals surface area contributed by atoms with E-state index in [2.05, 4.69) is 4.74 Å². The van der Waals surface area contributed by atoms with Crippen LogP contribution in [-0.4, -0.2) is 30.5 Å². The first-order chi connectivity index (χ1) is 8.86. The van der Waals surface area contributed by atoms with Crippen LogP contribution in [0, 0.1) is 10.1 Å². The lowest BCUT2D eigenvalue weighted by molar-refractivity contribution is -0.384. The summed E-state index contributed by atoms with van der Waals surface area (Å²) in [7, 11) is 1.15. The number of amides is 1. The van der Waals surface area contributed by atoms with E-state index in [0.29, 0.717) is 0 Å². The normalized spacial score (nSPS) is 9.79. The van der Waals surface area contributed by atoms with E-state index in [-0.39, 0.29) is 16.3 Å². The maximum absolute atomic E-state index is 11.0.